The molecule has 0 N–H and O–H groups in total. The maximum atomic E-state index is 11.8. The molecule has 6 heteroatoms. The van der Waals surface area contributed by atoms with E-state index >= 15 is 0 Å². The molecule has 0 fully saturated rings. The van der Waals surface area contributed by atoms with Gasteiger partial charge in [-0.1, -0.05) is 24.3 Å². The number of aromatic nitrogens is 1. The van der Waals surface area contributed by atoms with Crippen molar-refractivity contribution in [2.45, 2.75) is 26.3 Å². The van der Waals surface area contributed by atoms with Crippen LogP contribution < -0.4 is 14.3 Å². The van der Waals surface area contributed by atoms with Gasteiger partial charge in [-0.05, 0) is 6.42 Å². The summed E-state index contributed by atoms with van der Waals surface area (Å²) in [7, 11) is 3.20. The lowest BCUT2D eigenvalue weighted by Crippen LogP contribution is -2.16. The first-order chi connectivity index (χ1) is 10.6. The first kappa shape index (κ1) is 16.3. The minimum atomic E-state index is -0.106. The zero-order valence-corrected chi connectivity index (χ0v) is 13.9. The Bertz CT molecular complexity index is 759. The number of carbonyl (C=O) groups is 1. The number of hydrogen-bond acceptors (Lipinski definition) is 4. The lowest BCUT2D eigenvalue weighted by molar-refractivity contribution is -0.118. The predicted octanol–water partition coefficient (Wildman–Crippen LogP) is 3.13. The van der Waals surface area contributed by atoms with Crippen LogP contribution in [0.15, 0.2) is 29.8 Å². The molecule has 0 saturated carbocycles. The Morgan fingerprint density at radius 1 is 1.36 bits per heavy atom. The van der Waals surface area contributed by atoms with Crippen molar-refractivity contribution in [1.29, 1.82) is 0 Å². The van der Waals surface area contributed by atoms with E-state index in [2.05, 4.69) is 11.6 Å². The summed E-state index contributed by atoms with van der Waals surface area (Å²) in [6, 6.07) is 3.80. The fourth-order valence-corrected chi connectivity index (χ4v) is 3.23. The Kier molecular flexibility index (Phi) is 5.38. The highest BCUT2D eigenvalue weighted by atomic mass is 32.1. The molecule has 5 nitrogen and oxygen atoms in total. The molecular weight excluding hydrogens is 300 g/mol. The number of carbonyl (C=O) groups excluding carboxylic acids is 1. The van der Waals surface area contributed by atoms with Crippen LogP contribution in [0.2, 0.25) is 0 Å². The van der Waals surface area contributed by atoms with Crippen LogP contribution in [0, 0.1) is 0 Å². The van der Waals surface area contributed by atoms with Crippen molar-refractivity contribution in [2.24, 2.45) is 4.99 Å². The Morgan fingerprint density at radius 2 is 2.05 bits per heavy atom. The fraction of sp³-hybridized carbons (Fsp3) is 0.375. The third-order valence-corrected chi connectivity index (χ3v) is 4.23. The van der Waals surface area contributed by atoms with Crippen molar-refractivity contribution in [2.75, 3.05) is 14.2 Å². The molecule has 22 heavy (non-hydrogen) atoms. The lowest BCUT2D eigenvalue weighted by Gasteiger charge is -2.08. The molecule has 0 aliphatic rings. The normalized spacial score (nSPS) is 11.7. The fourth-order valence-electron chi connectivity index (χ4n) is 2.16. The smallest absolute Gasteiger partial charge is 0.248 e. The molecule has 0 spiro atoms. The number of rotatable bonds is 6. The molecule has 2 aromatic rings. The summed E-state index contributed by atoms with van der Waals surface area (Å²) in [5, 5.41) is 0. The van der Waals surface area contributed by atoms with Gasteiger partial charge < -0.3 is 14.0 Å². The molecule has 0 bridgehead atoms. The molecule has 118 valence electrons. The van der Waals surface area contributed by atoms with Gasteiger partial charge in [0, 0.05) is 25.1 Å². The monoisotopic (exact) mass is 320 g/mol. The quantitative estimate of drug-likeness (QED) is 0.768. The van der Waals surface area contributed by atoms with Crippen LogP contribution in [-0.4, -0.2) is 24.7 Å². The molecule has 1 amide bonds. The second kappa shape index (κ2) is 7.26. The predicted molar refractivity (Wildman–Crippen MR) is 88.6 cm³/mol. The van der Waals surface area contributed by atoms with Crippen molar-refractivity contribution in [3.05, 3.63) is 29.6 Å². The van der Waals surface area contributed by atoms with Crippen molar-refractivity contribution in [3.63, 3.8) is 0 Å². The summed E-state index contributed by atoms with van der Waals surface area (Å²) >= 11 is 1.46. The average molecular weight is 320 g/mol. The standard InChI is InChI=1S/C16H20N2O3S/c1-5-7-15(19)17-16-18(8-6-2)11-9-12(20-3)13(21-4)10-14(11)22-16/h6,9-10H,2,5,7-8H2,1,3-4H3. The van der Waals surface area contributed by atoms with E-state index < -0.39 is 0 Å². The average Bonchev–Trinajstić information content (AvgIpc) is 2.83. The number of hydrogen-bond donors (Lipinski definition) is 0. The Morgan fingerprint density at radius 3 is 2.64 bits per heavy atom. The van der Waals surface area contributed by atoms with Crippen molar-refractivity contribution < 1.29 is 14.3 Å². The zero-order valence-electron chi connectivity index (χ0n) is 13.1. The summed E-state index contributed by atoms with van der Waals surface area (Å²) in [5.41, 5.74) is 0.950. The highest BCUT2D eigenvalue weighted by Gasteiger charge is 2.12. The lowest BCUT2D eigenvalue weighted by atomic mass is 10.3. The van der Waals surface area contributed by atoms with Gasteiger partial charge in [-0.2, -0.15) is 4.99 Å². The van der Waals surface area contributed by atoms with Gasteiger partial charge in [0.1, 0.15) is 0 Å². The first-order valence-electron chi connectivity index (χ1n) is 7.08. The Hall–Kier alpha value is -2.08. The van der Waals surface area contributed by atoms with Crippen LogP contribution in [0.3, 0.4) is 0 Å². The van der Waals surface area contributed by atoms with E-state index in [0.717, 1.165) is 16.6 Å². The van der Waals surface area contributed by atoms with Gasteiger partial charge in [0.05, 0.1) is 24.4 Å². The highest BCUT2D eigenvalue weighted by Crippen LogP contribution is 2.33. The molecule has 0 radical (unpaired) electrons. The van der Waals surface area contributed by atoms with E-state index in [-0.39, 0.29) is 5.91 Å². The van der Waals surface area contributed by atoms with Gasteiger partial charge in [0.25, 0.3) is 0 Å². The topological polar surface area (TPSA) is 52.8 Å². The van der Waals surface area contributed by atoms with E-state index in [4.69, 9.17) is 9.47 Å². The molecule has 1 aromatic heterocycles. The molecule has 0 unspecified atom stereocenters. The zero-order chi connectivity index (χ0) is 16.1. The Labute approximate surface area is 133 Å². The van der Waals surface area contributed by atoms with Crippen LogP contribution >= 0.6 is 11.3 Å². The maximum Gasteiger partial charge on any atom is 0.248 e. The maximum absolute atomic E-state index is 11.8. The van der Waals surface area contributed by atoms with Crippen LogP contribution in [0.1, 0.15) is 19.8 Å². The number of amides is 1. The Balaban J connectivity index is 2.69. The van der Waals surface area contributed by atoms with Crippen molar-refractivity contribution in [1.82, 2.24) is 4.57 Å². The number of nitrogens with zero attached hydrogens (tertiary/aromatic N) is 2. The summed E-state index contributed by atoms with van der Waals surface area (Å²) in [4.78, 5) is 16.7. The number of allylic oxidation sites excluding steroid dienone is 1. The molecule has 0 saturated heterocycles. The third kappa shape index (κ3) is 3.22. The van der Waals surface area contributed by atoms with Crippen LogP contribution in [0.25, 0.3) is 10.2 Å². The van der Waals surface area contributed by atoms with E-state index in [9.17, 15) is 4.79 Å². The van der Waals surface area contributed by atoms with E-state index in [1.165, 1.54) is 11.3 Å². The van der Waals surface area contributed by atoms with E-state index in [0.29, 0.717) is 29.3 Å². The molecule has 0 aliphatic carbocycles. The minimum absolute atomic E-state index is 0.106. The molecular formula is C16H20N2O3S. The van der Waals surface area contributed by atoms with Crippen molar-refractivity contribution >= 4 is 27.5 Å². The van der Waals surface area contributed by atoms with Gasteiger partial charge in [-0.25, -0.2) is 0 Å². The highest BCUT2D eigenvalue weighted by molar-refractivity contribution is 7.16. The minimum Gasteiger partial charge on any atom is -0.493 e. The summed E-state index contributed by atoms with van der Waals surface area (Å²) in [6.07, 6.45) is 3.03. The van der Waals surface area contributed by atoms with Crippen LogP contribution in [0.4, 0.5) is 0 Å². The van der Waals surface area contributed by atoms with Gasteiger partial charge in [0.2, 0.25) is 5.91 Å². The molecule has 2 rings (SSSR count). The van der Waals surface area contributed by atoms with Crippen LogP contribution in [0.5, 0.6) is 11.5 Å². The molecule has 1 aromatic carbocycles. The summed E-state index contributed by atoms with van der Waals surface area (Å²) in [5.74, 6) is 1.20. The summed E-state index contributed by atoms with van der Waals surface area (Å²) in [6.45, 7) is 6.32. The van der Waals surface area contributed by atoms with Crippen molar-refractivity contribution in [3.8, 4) is 11.5 Å². The second-order valence-corrected chi connectivity index (χ2v) is 5.72. The van der Waals surface area contributed by atoms with Gasteiger partial charge in [-0.15, -0.1) is 6.58 Å². The van der Waals surface area contributed by atoms with E-state index in [1.807, 2.05) is 23.6 Å². The van der Waals surface area contributed by atoms with Gasteiger partial charge in [-0.3, -0.25) is 4.79 Å². The third-order valence-electron chi connectivity index (χ3n) is 3.18. The van der Waals surface area contributed by atoms with Gasteiger partial charge >= 0.3 is 0 Å². The number of benzene rings is 1. The number of thiazole rings is 1. The first-order valence-corrected chi connectivity index (χ1v) is 7.90. The summed E-state index contributed by atoms with van der Waals surface area (Å²) < 4.78 is 13.6. The van der Waals surface area contributed by atoms with E-state index in [1.54, 1.807) is 20.3 Å². The molecule has 0 aliphatic heterocycles. The van der Waals surface area contributed by atoms with Crippen LogP contribution in [-0.2, 0) is 11.3 Å². The largest absolute Gasteiger partial charge is 0.493 e. The molecule has 0 atom stereocenters. The molecule has 1 heterocycles. The number of ether oxygens (including phenoxy) is 2. The second-order valence-electron chi connectivity index (χ2n) is 4.71. The number of fused-ring (bicyclic) bond motifs is 1. The SMILES string of the molecule is C=CCn1c(=NC(=O)CCC)sc2cc(OC)c(OC)cc21. The number of methoxy groups -OCH3 is 2. The van der Waals surface area contributed by atoms with Gasteiger partial charge in [0.15, 0.2) is 16.3 Å².